The third-order valence-corrected chi connectivity index (χ3v) is 6.21. The third kappa shape index (κ3) is 3.85. The first-order valence-corrected chi connectivity index (χ1v) is 9.49. The number of carbonyl (C=O) groups excluding carboxylic acids is 1. The quantitative estimate of drug-likeness (QED) is 0.862. The van der Waals surface area contributed by atoms with E-state index in [4.69, 9.17) is 4.74 Å². The van der Waals surface area contributed by atoms with Crippen LogP contribution in [0.15, 0.2) is 47.5 Å². The van der Waals surface area contributed by atoms with E-state index in [1.807, 2.05) is 12.1 Å². The van der Waals surface area contributed by atoms with E-state index in [1.165, 1.54) is 23.5 Å². The van der Waals surface area contributed by atoms with Gasteiger partial charge in [0.1, 0.15) is 5.75 Å². The molecule has 0 aliphatic carbocycles. The first-order chi connectivity index (χ1) is 12.0. The highest BCUT2D eigenvalue weighted by Gasteiger charge is 2.30. The number of amides is 1. The zero-order valence-corrected chi connectivity index (χ0v) is 14.8. The van der Waals surface area contributed by atoms with Crippen molar-refractivity contribution in [3.63, 3.8) is 0 Å². The summed E-state index contributed by atoms with van der Waals surface area (Å²) in [6.07, 6.45) is 2.08. The van der Waals surface area contributed by atoms with E-state index >= 15 is 0 Å². The topological polar surface area (TPSA) is 82.7 Å². The normalized spacial score (nSPS) is 16.0. The molecule has 7 nitrogen and oxygen atoms in total. The molecule has 0 saturated carbocycles. The second-order valence-corrected chi connectivity index (χ2v) is 7.77. The monoisotopic (exact) mass is 363 g/mol. The van der Waals surface area contributed by atoms with Crippen LogP contribution in [0.3, 0.4) is 0 Å². The Hall–Kier alpha value is -2.32. The molecule has 0 spiro atoms. The maximum absolute atomic E-state index is 12.7. The van der Waals surface area contributed by atoms with Crippen molar-refractivity contribution in [2.75, 3.05) is 33.3 Å². The number of hydrogen-bond acceptors (Lipinski definition) is 4. The van der Waals surface area contributed by atoms with E-state index in [1.54, 1.807) is 23.2 Å². The zero-order valence-electron chi connectivity index (χ0n) is 14.0. The van der Waals surface area contributed by atoms with Crippen molar-refractivity contribution < 1.29 is 17.9 Å². The van der Waals surface area contributed by atoms with E-state index in [2.05, 4.69) is 4.98 Å². The van der Waals surface area contributed by atoms with Crippen LogP contribution in [-0.2, 0) is 21.2 Å². The molecular weight excluding hydrogens is 342 g/mol. The number of piperazine rings is 1. The first kappa shape index (κ1) is 17.5. The standard InChI is InChI=1S/C17H21N3O4S/c1-24-15-4-6-16(7-5-15)25(22,23)20-11-9-19(10-12-20)17(21)13-14-3-2-8-18-14/h2-8,18H,9-13H2,1H3. The van der Waals surface area contributed by atoms with Crippen LogP contribution in [0.4, 0.5) is 0 Å². The average molecular weight is 363 g/mol. The highest BCUT2D eigenvalue weighted by Crippen LogP contribution is 2.20. The molecule has 134 valence electrons. The van der Waals surface area contributed by atoms with Gasteiger partial charge in [-0.2, -0.15) is 4.31 Å². The zero-order chi connectivity index (χ0) is 17.9. The number of carbonyl (C=O) groups is 1. The molecule has 1 aliphatic heterocycles. The van der Waals surface area contributed by atoms with Crippen molar-refractivity contribution in [3.8, 4) is 5.75 Å². The first-order valence-electron chi connectivity index (χ1n) is 8.05. The number of methoxy groups -OCH3 is 1. The maximum atomic E-state index is 12.7. The lowest BCUT2D eigenvalue weighted by Crippen LogP contribution is -2.50. The van der Waals surface area contributed by atoms with Crippen LogP contribution >= 0.6 is 0 Å². The maximum Gasteiger partial charge on any atom is 0.243 e. The van der Waals surface area contributed by atoms with Gasteiger partial charge in [-0.3, -0.25) is 4.79 Å². The molecule has 1 N–H and O–H groups in total. The minimum atomic E-state index is -3.55. The predicted octanol–water partition coefficient (Wildman–Crippen LogP) is 1.10. The van der Waals surface area contributed by atoms with Crippen LogP contribution in [0.5, 0.6) is 5.75 Å². The van der Waals surface area contributed by atoms with Crippen molar-refractivity contribution in [1.29, 1.82) is 0 Å². The number of aromatic nitrogens is 1. The number of hydrogen-bond donors (Lipinski definition) is 1. The molecule has 1 aliphatic rings. The van der Waals surface area contributed by atoms with Gasteiger partial charge in [-0.15, -0.1) is 0 Å². The van der Waals surface area contributed by atoms with Crippen LogP contribution in [0, 0.1) is 0 Å². The largest absolute Gasteiger partial charge is 0.497 e. The van der Waals surface area contributed by atoms with Crippen LogP contribution < -0.4 is 4.74 Å². The highest BCUT2D eigenvalue weighted by molar-refractivity contribution is 7.89. The summed E-state index contributed by atoms with van der Waals surface area (Å²) in [4.78, 5) is 17.2. The third-order valence-electron chi connectivity index (χ3n) is 4.29. The molecule has 0 atom stereocenters. The fourth-order valence-electron chi connectivity index (χ4n) is 2.83. The summed E-state index contributed by atoms with van der Waals surface area (Å²) in [5.41, 5.74) is 0.860. The van der Waals surface area contributed by atoms with Crippen molar-refractivity contribution in [3.05, 3.63) is 48.3 Å². The number of nitrogens with one attached hydrogen (secondary N) is 1. The Labute approximate surface area is 147 Å². The molecule has 1 aromatic heterocycles. The summed E-state index contributed by atoms with van der Waals surface area (Å²) in [5.74, 6) is 0.614. The van der Waals surface area contributed by atoms with Crippen molar-refractivity contribution >= 4 is 15.9 Å². The SMILES string of the molecule is COc1ccc(S(=O)(=O)N2CCN(C(=O)Cc3ccc[nH]3)CC2)cc1. The molecule has 2 aromatic rings. The number of rotatable bonds is 5. The summed E-state index contributed by atoms with van der Waals surface area (Å²) >= 11 is 0. The van der Waals surface area contributed by atoms with Gasteiger partial charge in [0.05, 0.1) is 18.4 Å². The summed E-state index contributed by atoms with van der Waals surface area (Å²) in [6, 6.07) is 10.0. The lowest BCUT2D eigenvalue weighted by molar-refractivity contribution is -0.131. The molecule has 1 saturated heterocycles. The molecule has 8 heteroatoms. The smallest absolute Gasteiger partial charge is 0.243 e. The number of nitrogens with zero attached hydrogens (tertiary/aromatic N) is 2. The van der Waals surface area contributed by atoms with Gasteiger partial charge in [0.15, 0.2) is 0 Å². The molecule has 25 heavy (non-hydrogen) atoms. The Morgan fingerprint density at radius 1 is 1.12 bits per heavy atom. The van der Waals surface area contributed by atoms with E-state index < -0.39 is 10.0 Å². The van der Waals surface area contributed by atoms with Crippen LogP contribution in [0.2, 0.25) is 0 Å². The molecule has 0 bridgehead atoms. The van der Waals surface area contributed by atoms with Gasteiger partial charge in [0.25, 0.3) is 0 Å². The van der Waals surface area contributed by atoms with Gasteiger partial charge in [-0.05, 0) is 36.4 Å². The van der Waals surface area contributed by atoms with Crippen LogP contribution in [0.25, 0.3) is 0 Å². The van der Waals surface area contributed by atoms with E-state index in [0.717, 1.165) is 5.69 Å². The molecule has 1 aromatic carbocycles. The van der Waals surface area contributed by atoms with Crippen molar-refractivity contribution in [2.45, 2.75) is 11.3 Å². The second kappa shape index (κ2) is 7.28. The number of sulfonamides is 1. The van der Waals surface area contributed by atoms with Gasteiger partial charge >= 0.3 is 0 Å². The summed E-state index contributed by atoms with van der Waals surface area (Å²) in [6.45, 7) is 1.39. The van der Waals surface area contributed by atoms with E-state index in [9.17, 15) is 13.2 Å². The number of ether oxygens (including phenoxy) is 1. The fraction of sp³-hybridized carbons (Fsp3) is 0.353. The van der Waals surface area contributed by atoms with Gasteiger partial charge in [0.2, 0.25) is 15.9 Å². The Morgan fingerprint density at radius 3 is 2.36 bits per heavy atom. The van der Waals surface area contributed by atoms with Crippen LogP contribution in [0.1, 0.15) is 5.69 Å². The van der Waals surface area contributed by atoms with E-state index in [-0.39, 0.29) is 10.8 Å². The number of benzene rings is 1. The van der Waals surface area contributed by atoms with Gasteiger partial charge in [0, 0.05) is 38.1 Å². The van der Waals surface area contributed by atoms with E-state index in [0.29, 0.717) is 38.3 Å². The Morgan fingerprint density at radius 2 is 1.80 bits per heavy atom. The minimum absolute atomic E-state index is 0.00365. The van der Waals surface area contributed by atoms with Gasteiger partial charge in [-0.25, -0.2) is 8.42 Å². The Kier molecular flexibility index (Phi) is 5.10. The second-order valence-electron chi connectivity index (χ2n) is 5.83. The summed E-state index contributed by atoms with van der Waals surface area (Å²) < 4.78 is 31.9. The van der Waals surface area contributed by atoms with Gasteiger partial charge in [-0.1, -0.05) is 0 Å². The number of H-pyrrole nitrogens is 1. The molecule has 1 fully saturated rings. The molecule has 0 radical (unpaired) electrons. The molecule has 2 heterocycles. The van der Waals surface area contributed by atoms with Crippen molar-refractivity contribution in [2.24, 2.45) is 0 Å². The van der Waals surface area contributed by atoms with Crippen molar-refractivity contribution in [1.82, 2.24) is 14.2 Å². The Bertz CT molecular complexity index is 808. The van der Waals surface area contributed by atoms with Crippen LogP contribution in [-0.4, -0.2) is 61.8 Å². The molecular formula is C17H21N3O4S. The summed E-state index contributed by atoms with van der Waals surface area (Å²) in [7, 11) is -2.02. The minimum Gasteiger partial charge on any atom is -0.497 e. The summed E-state index contributed by atoms with van der Waals surface area (Å²) in [5, 5.41) is 0. The lowest BCUT2D eigenvalue weighted by Gasteiger charge is -2.34. The predicted molar refractivity (Wildman–Crippen MR) is 92.8 cm³/mol. The lowest BCUT2D eigenvalue weighted by atomic mass is 10.2. The molecule has 3 rings (SSSR count). The number of aromatic amines is 1. The fourth-order valence-corrected chi connectivity index (χ4v) is 4.25. The highest BCUT2D eigenvalue weighted by atomic mass is 32.2. The van der Waals surface area contributed by atoms with Gasteiger partial charge < -0.3 is 14.6 Å². The molecule has 0 unspecified atom stereocenters. The Balaban J connectivity index is 1.61. The molecule has 1 amide bonds. The average Bonchev–Trinajstić information content (AvgIpc) is 3.15.